The maximum absolute atomic E-state index is 13.6. The normalized spacial score (nSPS) is 19.5. The van der Waals surface area contributed by atoms with Crippen molar-refractivity contribution in [2.75, 3.05) is 43.1 Å². The van der Waals surface area contributed by atoms with E-state index in [9.17, 15) is 14.4 Å². The summed E-state index contributed by atoms with van der Waals surface area (Å²) in [6, 6.07) is 17.4. The van der Waals surface area contributed by atoms with Crippen LogP contribution in [0.25, 0.3) is 22.0 Å². The van der Waals surface area contributed by atoms with Crippen LogP contribution in [0.5, 0.6) is 0 Å². The highest BCUT2D eigenvalue weighted by molar-refractivity contribution is 5.97. The fraction of sp³-hybridized carbons (Fsp3) is 0.412. The van der Waals surface area contributed by atoms with E-state index in [1.54, 1.807) is 18.2 Å². The Kier molecular flexibility index (Phi) is 9.18. The van der Waals surface area contributed by atoms with Crippen LogP contribution in [-0.4, -0.2) is 59.7 Å². The zero-order chi connectivity index (χ0) is 30.5. The van der Waals surface area contributed by atoms with Gasteiger partial charge in [0.15, 0.2) is 0 Å². The fourth-order valence-electron chi connectivity index (χ4n) is 6.40. The third-order valence-corrected chi connectivity index (χ3v) is 9.15. The predicted octanol–water partition coefficient (Wildman–Crippen LogP) is 4.28. The number of rotatable bonds is 10. The zero-order valence-corrected chi connectivity index (χ0v) is 24.9. The summed E-state index contributed by atoms with van der Waals surface area (Å²) in [5.74, 6) is 0.816. The molecule has 0 unspecified atom stereocenters. The lowest BCUT2D eigenvalue weighted by atomic mass is 9.77. The third kappa shape index (κ3) is 6.92. The molecule has 44 heavy (non-hydrogen) atoms. The average Bonchev–Trinajstić information content (AvgIpc) is 3.44. The Morgan fingerprint density at radius 3 is 2.43 bits per heavy atom. The molecule has 0 radical (unpaired) electrons. The Hall–Kier alpha value is -4.28. The Morgan fingerprint density at radius 1 is 0.977 bits per heavy atom. The van der Waals surface area contributed by atoms with Crippen molar-refractivity contribution >= 4 is 34.1 Å². The van der Waals surface area contributed by atoms with Crippen LogP contribution in [-0.2, 0) is 20.7 Å². The van der Waals surface area contributed by atoms with Gasteiger partial charge in [-0.25, -0.2) is 4.98 Å². The summed E-state index contributed by atoms with van der Waals surface area (Å²) in [5, 5.41) is 8.90. The van der Waals surface area contributed by atoms with Gasteiger partial charge in [0.25, 0.3) is 5.56 Å². The maximum atomic E-state index is 13.6. The van der Waals surface area contributed by atoms with Crippen LogP contribution >= 0.6 is 0 Å². The SMILES string of the molecule is NCC1CCC(C(=O)C[C@@H](Cc2ccc(-c3ccc(N4CCOCC4)nc3)cc2)C(=O)Nc2ccc3c(=O)[nH][nH]c3c2)CC1. The minimum absolute atomic E-state index is 0.0234. The van der Waals surface area contributed by atoms with Crippen LogP contribution < -0.4 is 21.5 Å². The molecule has 1 aliphatic heterocycles. The largest absolute Gasteiger partial charge is 0.378 e. The number of carbonyl (C=O) groups excluding carboxylic acids is 2. The lowest BCUT2D eigenvalue weighted by Crippen LogP contribution is -2.36. The predicted molar refractivity (Wildman–Crippen MR) is 172 cm³/mol. The molecule has 2 aromatic heterocycles. The molecule has 1 saturated heterocycles. The number of nitrogens with one attached hydrogen (secondary N) is 3. The van der Waals surface area contributed by atoms with Crippen molar-refractivity contribution in [2.24, 2.45) is 23.5 Å². The summed E-state index contributed by atoms with van der Waals surface area (Å²) in [5.41, 5.74) is 9.87. The quantitative estimate of drug-likeness (QED) is 0.214. The lowest BCUT2D eigenvalue weighted by molar-refractivity contribution is -0.129. The summed E-state index contributed by atoms with van der Waals surface area (Å²) < 4.78 is 5.44. The number of anilines is 2. The number of ether oxygens (including phenoxy) is 1. The number of ketones is 1. The zero-order valence-electron chi connectivity index (χ0n) is 24.9. The highest BCUT2D eigenvalue weighted by Crippen LogP contribution is 2.31. The standard InChI is InChI=1S/C34H40N6O4/c35-20-23-3-7-25(8-4-23)31(41)18-27(33(42)37-28-10-11-29-30(19-28)38-39-34(29)43)17-22-1-5-24(6-2-22)26-9-12-32(36-21-26)40-13-15-44-16-14-40/h1-2,5-6,9-12,19,21,23,25,27H,3-4,7-8,13-18,20,35H2,(H,37,42)(H2,38,39,43)/t23?,25?,27-/m1/s1. The van der Waals surface area contributed by atoms with Crippen LogP contribution in [0.3, 0.4) is 0 Å². The number of nitrogens with two attached hydrogens (primary N) is 1. The van der Waals surface area contributed by atoms with E-state index < -0.39 is 5.92 Å². The molecule has 4 aromatic rings. The molecule has 0 spiro atoms. The van der Waals surface area contributed by atoms with E-state index in [2.05, 4.69) is 31.5 Å². The van der Waals surface area contributed by atoms with E-state index in [0.29, 0.717) is 48.7 Å². The monoisotopic (exact) mass is 596 g/mol. The summed E-state index contributed by atoms with van der Waals surface area (Å²) >= 11 is 0. The summed E-state index contributed by atoms with van der Waals surface area (Å²) in [7, 11) is 0. The minimum Gasteiger partial charge on any atom is -0.378 e. The number of amides is 1. The van der Waals surface area contributed by atoms with Gasteiger partial charge >= 0.3 is 0 Å². The molecule has 1 atom stereocenters. The first-order valence-corrected chi connectivity index (χ1v) is 15.6. The van der Waals surface area contributed by atoms with Gasteiger partial charge < -0.3 is 20.7 Å². The van der Waals surface area contributed by atoms with E-state index in [1.807, 2.05) is 36.5 Å². The average molecular weight is 597 g/mol. The van der Waals surface area contributed by atoms with Gasteiger partial charge in [0, 0.05) is 48.8 Å². The van der Waals surface area contributed by atoms with E-state index in [0.717, 1.165) is 61.3 Å². The summed E-state index contributed by atoms with van der Waals surface area (Å²) in [4.78, 5) is 45.9. The first-order chi connectivity index (χ1) is 21.5. The minimum atomic E-state index is -0.531. The number of aromatic amines is 2. The second-order valence-electron chi connectivity index (χ2n) is 12.1. The molecule has 1 saturated carbocycles. The number of carbonyl (C=O) groups is 2. The molecular weight excluding hydrogens is 556 g/mol. The van der Waals surface area contributed by atoms with Crippen molar-refractivity contribution in [1.29, 1.82) is 0 Å². The molecule has 0 bridgehead atoms. The van der Waals surface area contributed by atoms with Crippen molar-refractivity contribution in [3.8, 4) is 11.1 Å². The first-order valence-electron chi connectivity index (χ1n) is 15.6. The molecule has 2 aromatic carbocycles. The Balaban J connectivity index is 1.16. The Bertz CT molecular complexity index is 1630. The van der Waals surface area contributed by atoms with E-state index >= 15 is 0 Å². The number of hydrogen-bond acceptors (Lipinski definition) is 7. The van der Waals surface area contributed by atoms with Crippen molar-refractivity contribution < 1.29 is 14.3 Å². The molecule has 230 valence electrons. The van der Waals surface area contributed by atoms with Crippen molar-refractivity contribution in [3.63, 3.8) is 0 Å². The summed E-state index contributed by atoms with van der Waals surface area (Å²) in [6.45, 7) is 3.77. The molecule has 10 heteroatoms. The number of pyridine rings is 1. The number of benzene rings is 2. The lowest BCUT2D eigenvalue weighted by Gasteiger charge is -2.28. The van der Waals surface area contributed by atoms with Gasteiger partial charge in [0.1, 0.15) is 11.6 Å². The van der Waals surface area contributed by atoms with Crippen molar-refractivity contribution in [2.45, 2.75) is 38.5 Å². The smallest absolute Gasteiger partial charge is 0.271 e. The van der Waals surface area contributed by atoms with Crippen LogP contribution in [0.15, 0.2) is 65.6 Å². The van der Waals surface area contributed by atoms with Crippen molar-refractivity contribution in [1.82, 2.24) is 15.2 Å². The fourth-order valence-corrected chi connectivity index (χ4v) is 6.40. The molecule has 2 fully saturated rings. The second kappa shape index (κ2) is 13.6. The maximum Gasteiger partial charge on any atom is 0.271 e. The highest BCUT2D eigenvalue weighted by atomic mass is 16.5. The van der Waals surface area contributed by atoms with Gasteiger partial charge in [-0.2, -0.15) is 0 Å². The molecule has 1 aliphatic carbocycles. The van der Waals surface area contributed by atoms with E-state index in [-0.39, 0.29) is 29.6 Å². The molecule has 10 nitrogen and oxygen atoms in total. The Labute approximate surface area is 256 Å². The second-order valence-corrected chi connectivity index (χ2v) is 12.1. The van der Waals surface area contributed by atoms with Gasteiger partial charge in [-0.15, -0.1) is 0 Å². The number of Topliss-reactive ketones (excluding diaryl/α,β-unsaturated/α-hetero) is 1. The Morgan fingerprint density at radius 2 is 1.73 bits per heavy atom. The van der Waals surface area contributed by atoms with E-state index in [4.69, 9.17) is 10.5 Å². The third-order valence-electron chi connectivity index (χ3n) is 9.15. The number of hydrogen-bond donors (Lipinski definition) is 4. The molecule has 1 amide bonds. The molecular formula is C34H40N6O4. The van der Waals surface area contributed by atoms with Crippen LogP contribution in [0.4, 0.5) is 11.5 Å². The summed E-state index contributed by atoms with van der Waals surface area (Å²) in [6.07, 6.45) is 6.10. The number of aromatic nitrogens is 3. The topological polar surface area (TPSA) is 146 Å². The van der Waals surface area contributed by atoms with Gasteiger partial charge in [-0.05, 0) is 86.0 Å². The van der Waals surface area contributed by atoms with E-state index in [1.165, 1.54) is 0 Å². The molecule has 5 N–H and O–H groups in total. The molecule has 6 rings (SSSR count). The highest BCUT2D eigenvalue weighted by Gasteiger charge is 2.30. The van der Waals surface area contributed by atoms with Gasteiger partial charge in [-0.1, -0.05) is 24.3 Å². The molecule has 3 heterocycles. The number of morpholine rings is 1. The number of H-pyrrole nitrogens is 2. The van der Waals surface area contributed by atoms with Crippen LogP contribution in [0.2, 0.25) is 0 Å². The first kappa shape index (κ1) is 29.8. The van der Waals surface area contributed by atoms with Crippen LogP contribution in [0, 0.1) is 17.8 Å². The van der Waals surface area contributed by atoms with Gasteiger partial charge in [0.2, 0.25) is 5.91 Å². The van der Waals surface area contributed by atoms with Crippen molar-refractivity contribution in [3.05, 3.63) is 76.7 Å². The van der Waals surface area contributed by atoms with Gasteiger partial charge in [0.05, 0.1) is 24.1 Å². The van der Waals surface area contributed by atoms with Gasteiger partial charge in [-0.3, -0.25) is 24.6 Å². The number of fused-ring (bicyclic) bond motifs is 1. The van der Waals surface area contributed by atoms with Crippen LogP contribution in [0.1, 0.15) is 37.7 Å². The number of nitrogens with zero attached hydrogens (tertiary/aromatic N) is 2. The molecule has 2 aliphatic rings.